The van der Waals surface area contributed by atoms with Crippen LogP contribution in [0.1, 0.15) is 65.6 Å². The second-order valence-corrected chi connectivity index (χ2v) is 6.99. The molecule has 0 saturated heterocycles. The summed E-state index contributed by atoms with van der Waals surface area (Å²) in [5, 5.41) is 6.85. The van der Waals surface area contributed by atoms with Crippen molar-refractivity contribution in [3.8, 4) is 0 Å². The van der Waals surface area contributed by atoms with Crippen LogP contribution < -0.4 is 16.4 Å². The molecule has 0 spiro atoms. The molecule has 3 rings (SSSR count). The summed E-state index contributed by atoms with van der Waals surface area (Å²) in [6, 6.07) is 5.80. The summed E-state index contributed by atoms with van der Waals surface area (Å²) in [4.78, 5) is 26.5. The number of hydrogen-bond acceptors (Lipinski definition) is 6. The first-order valence-corrected chi connectivity index (χ1v) is 10.2. The number of amides is 1. The van der Waals surface area contributed by atoms with E-state index in [0.717, 1.165) is 42.8 Å². The van der Waals surface area contributed by atoms with E-state index in [2.05, 4.69) is 22.5 Å². The number of hydrogen-bond donors (Lipinski definition) is 3. The van der Waals surface area contributed by atoms with Crippen molar-refractivity contribution >= 4 is 34.3 Å². The molecular formula is C20H30N4O2S. The molecule has 1 aliphatic carbocycles. The molecule has 1 heterocycles. The fourth-order valence-corrected chi connectivity index (χ4v) is 2.59. The lowest BCUT2D eigenvalue weighted by atomic mass is 10.1. The van der Waals surface area contributed by atoms with Crippen LogP contribution in [0.3, 0.4) is 0 Å². The third-order valence-electron chi connectivity index (χ3n) is 3.62. The minimum absolute atomic E-state index is 0.0146. The Morgan fingerprint density at radius 3 is 2.59 bits per heavy atom. The second-order valence-electron chi connectivity index (χ2n) is 5.93. The van der Waals surface area contributed by atoms with Gasteiger partial charge in [0.15, 0.2) is 11.4 Å². The summed E-state index contributed by atoms with van der Waals surface area (Å²) in [5.74, 6) is -0.0146. The van der Waals surface area contributed by atoms with Crippen LogP contribution in [0.2, 0.25) is 0 Å². The van der Waals surface area contributed by atoms with Crippen LogP contribution in [0.25, 0.3) is 0 Å². The Bertz CT molecular complexity index is 727. The number of nitrogen functional groups attached to an aromatic ring is 1. The van der Waals surface area contributed by atoms with Crippen molar-refractivity contribution in [1.29, 1.82) is 0 Å². The Labute approximate surface area is 165 Å². The predicted molar refractivity (Wildman–Crippen MR) is 114 cm³/mol. The number of carbonyl (C=O) groups excluding carboxylic acids is 2. The van der Waals surface area contributed by atoms with Gasteiger partial charge in [0.1, 0.15) is 0 Å². The quantitative estimate of drug-likeness (QED) is 0.505. The molecule has 1 aliphatic rings. The second kappa shape index (κ2) is 12.1. The van der Waals surface area contributed by atoms with Crippen molar-refractivity contribution in [3.05, 3.63) is 40.4 Å². The van der Waals surface area contributed by atoms with Crippen LogP contribution in [0, 0.1) is 6.92 Å². The Morgan fingerprint density at radius 2 is 2.07 bits per heavy atom. The van der Waals surface area contributed by atoms with Gasteiger partial charge in [0, 0.05) is 23.8 Å². The maximum Gasteiger partial charge on any atom is 0.251 e. The Kier molecular flexibility index (Phi) is 10.1. The van der Waals surface area contributed by atoms with Crippen LogP contribution >= 0.6 is 11.3 Å². The van der Waals surface area contributed by atoms with Gasteiger partial charge >= 0.3 is 0 Å². The number of rotatable bonds is 6. The number of benzene rings is 1. The van der Waals surface area contributed by atoms with Crippen molar-refractivity contribution in [2.75, 3.05) is 17.6 Å². The average molecular weight is 391 g/mol. The van der Waals surface area contributed by atoms with E-state index in [9.17, 15) is 9.59 Å². The molecule has 27 heavy (non-hydrogen) atoms. The molecule has 7 heteroatoms. The lowest BCUT2D eigenvalue weighted by Crippen LogP contribution is -2.25. The van der Waals surface area contributed by atoms with Gasteiger partial charge in [0.05, 0.1) is 11.1 Å². The van der Waals surface area contributed by atoms with Gasteiger partial charge in [-0.3, -0.25) is 9.59 Å². The van der Waals surface area contributed by atoms with Crippen molar-refractivity contribution in [2.24, 2.45) is 0 Å². The standard InChI is InChI=1S/C11H14N2O.C7H10N2OS.C2H6/c1-7-2-3-8(6-10(7)12)11(14)13-9-4-5-9;1-2-3-8-7-9-4-6(5-10)11-7;1-2/h2-3,6,9H,4-5,12H2,1H3,(H,13,14);4-5H,2-3H2,1H3,(H,8,9);1-2H3. The summed E-state index contributed by atoms with van der Waals surface area (Å²) in [5.41, 5.74) is 8.06. The molecule has 1 fully saturated rings. The zero-order valence-electron chi connectivity index (χ0n) is 16.5. The number of nitrogens with zero attached hydrogens (tertiary/aromatic N) is 1. The average Bonchev–Trinajstić information content (AvgIpc) is 3.38. The highest BCUT2D eigenvalue weighted by Crippen LogP contribution is 2.20. The van der Waals surface area contributed by atoms with E-state index in [1.807, 2.05) is 32.9 Å². The largest absolute Gasteiger partial charge is 0.398 e. The van der Waals surface area contributed by atoms with E-state index >= 15 is 0 Å². The van der Waals surface area contributed by atoms with Gasteiger partial charge in [-0.05, 0) is 43.9 Å². The number of nitrogens with two attached hydrogens (primary N) is 1. The number of nitrogens with one attached hydrogen (secondary N) is 2. The fraction of sp³-hybridized carbons (Fsp3) is 0.450. The highest BCUT2D eigenvalue weighted by atomic mass is 32.1. The molecule has 1 amide bonds. The molecule has 0 radical (unpaired) electrons. The predicted octanol–water partition coefficient (Wildman–Crippen LogP) is 4.27. The third kappa shape index (κ3) is 8.21. The number of thiazole rings is 1. The van der Waals surface area contributed by atoms with E-state index in [-0.39, 0.29) is 5.91 Å². The van der Waals surface area contributed by atoms with Crippen molar-refractivity contribution in [1.82, 2.24) is 10.3 Å². The zero-order valence-corrected chi connectivity index (χ0v) is 17.4. The Hall–Kier alpha value is -2.41. The van der Waals surface area contributed by atoms with Gasteiger partial charge in [-0.2, -0.15) is 0 Å². The molecule has 1 aromatic carbocycles. The first kappa shape index (κ1) is 22.6. The molecule has 148 valence electrons. The number of anilines is 2. The third-order valence-corrected chi connectivity index (χ3v) is 4.50. The SMILES string of the molecule is CC.CCCNc1ncc(C=O)s1.Cc1ccc(C(=O)NC2CC2)cc1N. The van der Waals surface area contributed by atoms with Crippen LogP contribution in [0.5, 0.6) is 0 Å². The van der Waals surface area contributed by atoms with Gasteiger partial charge in [0.25, 0.3) is 5.91 Å². The fourth-order valence-electron chi connectivity index (χ4n) is 1.93. The van der Waals surface area contributed by atoms with Crippen molar-refractivity contribution in [2.45, 2.75) is 53.0 Å². The van der Waals surface area contributed by atoms with E-state index in [1.54, 1.807) is 12.3 Å². The summed E-state index contributed by atoms with van der Waals surface area (Å²) in [6.45, 7) is 8.92. The number of aldehydes is 1. The lowest BCUT2D eigenvalue weighted by molar-refractivity contribution is 0.0950. The van der Waals surface area contributed by atoms with Crippen molar-refractivity contribution < 1.29 is 9.59 Å². The van der Waals surface area contributed by atoms with Crippen LogP contribution in [-0.4, -0.2) is 29.8 Å². The summed E-state index contributed by atoms with van der Waals surface area (Å²) >= 11 is 1.38. The van der Waals surface area contributed by atoms with Gasteiger partial charge in [0.2, 0.25) is 0 Å². The summed E-state index contributed by atoms with van der Waals surface area (Å²) in [6.07, 6.45) is 5.67. The molecule has 6 nitrogen and oxygen atoms in total. The monoisotopic (exact) mass is 390 g/mol. The van der Waals surface area contributed by atoms with E-state index in [1.165, 1.54) is 11.3 Å². The first-order chi connectivity index (χ1) is 13.0. The van der Waals surface area contributed by atoms with Gasteiger partial charge in [-0.15, -0.1) is 0 Å². The minimum atomic E-state index is -0.0146. The topological polar surface area (TPSA) is 97.1 Å². The van der Waals surface area contributed by atoms with Crippen LogP contribution in [0.15, 0.2) is 24.4 Å². The molecular weight excluding hydrogens is 360 g/mol. The molecule has 0 aliphatic heterocycles. The number of carbonyl (C=O) groups is 2. The van der Waals surface area contributed by atoms with E-state index in [4.69, 9.17) is 5.73 Å². The lowest BCUT2D eigenvalue weighted by Gasteiger charge is -2.05. The maximum atomic E-state index is 11.6. The molecule has 0 atom stereocenters. The molecule has 1 saturated carbocycles. The maximum absolute atomic E-state index is 11.6. The van der Waals surface area contributed by atoms with Crippen molar-refractivity contribution in [3.63, 3.8) is 0 Å². The van der Waals surface area contributed by atoms with Gasteiger partial charge < -0.3 is 16.4 Å². The highest BCUT2D eigenvalue weighted by molar-refractivity contribution is 7.17. The molecule has 1 aromatic heterocycles. The smallest absolute Gasteiger partial charge is 0.251 e. The molecule has 4 N–H and O–H groups in total. The summed E-state index contributed by atoms with van der Waals surface area (Å²) in [7, 11) is 0. The van der Waals surface area contributed by atoms with Crippen LogP contribution in [-0.2, 0) is 0 Å². The Morgan fingerprint density at radius 1 is 1.37 bits per heavy atom. The molecule has 0 unspecified atom stereocenters. The molecule has 2 aromatic rings. The van der Waals surface area contributed by atoms with E-state index < -0.39 is 0 Å². The van der Waals surface area contributed by atoms with Gasteiger partial charge in [-0.1, -0.05) is 38.2 Å². The number of aromatic nitrogens is 1. The van der Waals surface area contributed by atoms with Gasteiger partial charge in [-0.25, -0.2) is 4.98 Å². The highest BCUT2D eigenvalue weighted by Gasteiger charge is 2.23. The Balaban J connectivity index is 0.000000254. The number of aryl methyl sites for hydroxylation is 1. The minimum Gasteiger partial charge on any atom is -0.398 e. The normalized spacial score (nSPS) is 12.0. The zero-order chi connectivity index (χ0) is 20.2. The summed E-state index contributed by atoms with van der Waals surface area (Å²) < 4.78 is 0. The van der Waals surface area contributed by atoms with Crippen LogP contribution in [0.4, 0.5) is 10.8 Å². The first-order valence-electron chi connectivity index (χ1n) is 9.35. The molecule has 0 bridgehead atoms. The van der Waals surface area contributed by atoms with E-state index in [0.29, 0.717) is 22.2 Å².